The van der Waals surface area contributed by atoms with Crippen molar-refractivity contribution in [2.24, 2.45) is 0 Å². The fourth-order valence-corrected chi connectivity index (χ4v) is 2.39. The predicted molar refractivity (Wildman–Crippen MR) is 71.0 cm³/mol. The normalized spacial score (nSPS) is 19.4. The maximum absolute atomic E-state index is 9.94. The summed E-state index contributed by atoms with van der Waals surface area (Å²) in [5, 5.41) is 9.94. The first-order valence-corrected chi connectivity index (χ1v) is 6.56. The summed E-state index contributed by atoms with van der Waals surface area (Å²) in [6, 6.07) is 8.84. The first kappa shape index (κ1) is 12.6. The summed E-state index contributed by atoms with van der Waals surface area (Å²) in [5.74, 6) is 0.596. The molecule has 0 atom stereocenters. The third-order valence-electron chi connectivity index (χ3n) is 3.75. The molecular weight excluding hydrogens is 210 g/mol. The van der Waals surface area contributed by atoms with E-state index in [2.05, 4.69) is 49.9 Å². The number of hydrogen-bond donors (Lipinski definition) is 1. The molecule has 1 aliphatic heterocycles. The third kappa shape index (κ3) is 2.88. The fourth-order valence-electron chi connectivity index (χ4n) is 2.39. The van der Waals surface area contributed by atoms with E-state index in [1.54, 1.807) is 0 Å². The molecule has 0 saturated carbocycles. The maximum Gasteiger partial charge on any atom is 0.0897 e. The average Bonchev–Trinajstić information content (AvgIpc) is 2.27. The SMILES string of the molecule is CCC1(O)CN(Cc2ccc(C(C)C)cc2)C1. The standard InChI is InChI=1S/C15H23NO/c1-4-15(17)10-16(11-15)9-13-5-7-14(8-6-13)12(2)3/h5-8,12,17H,4,9-11H2,1-3H3. The minimum atomic E-state index is -0.419. The molecule has 2 heteroatoms. The maximum atomic E-state index is 9.94. The molecule has 1 fully saturated rings. The molecule has 0 radical (unpaired) electrons. The van der Waals surface area contributed by atoms with E-state index in [1.165, 1.54) is 11.1 Å². The molecule has 0 amide bonds. The number of aliphatic hydroxyl groups is 1. The molecule has 17 heavy (non-hydrogen) atoms. The van der Waals surface area contributed by atoms with Gasteiger partial charge in [-0.15, -0.1) is 0 Å². The van der Waals surface area contributed by atoms with E-state index in [-0.39, 0.29) is 0 Å². The van der Waals surface area contributed by atoms with Gasteiger partial charge in [-0.2, -0.15) is 0 Å². The topological polar surface area (TPSA) is 23.5 Å². The highest BCUT2D eigenvalue weighted by Crippen LogP contribution is 2.26. The second-order valence-corrected chi connectivity index (χ2v) is 5.62. The van der Waals surface area contributed by atoms with E-state index in [0.29, 0.717) is 5.92 Å². The van der Waals surface area contributed by atoms with Gasteiger partial charge in [0.05, 0.1) is 5.60 Å². The van der Waals surface area contributed by atoms with Crippen LogP contribution in [0.2, 0.25) is 0 Å². The predicted octanol–water partition coefficient (Wildman–Crippen LogP) is 2.77. The van der Waals surface area contributed by atoms with Gasteiger partial charge in [0.1, 0.15) is 0 Å². The third-order valence-corrected chi connectivity index (χ3v) is 3.75. The van der Waals surface area contributed by atoms with Crippen molar-refractivity contribution in [3.8, 4) is 0 Å². The van der Waals surface area contributed by atoms with Crippen molar-refractivity contribution in [3.05, 3.63) is 35.4 Å². The monoisotopic (exact) mass is 233 g/mol. The van der Waals surface area contributed by atoms with Gasteiger partial charge in [0.25, 0.3) is 0 Å². The zero-order chi connectivity index (χ0) is 12.5. The lowest BCUT2D eigenvalue weighted by Crippen LogP contribution is -2.60. The number of nitrogens with zero attached hydrogens (tertiary/aromatic N) is 1. The molecule has 1 heterocycles. The lowest BCUT2D eigenvalue weighted by atomic mass is 9.91. The van der Waals surface area contributed by atoms with Crippen LogP contribution in [0.15, 0.2) is 24.3 Å². The van der Waals surface area contributed by atoms with Crippen molar-refractivity contribution in [2.45, 2.75) is 45.3 Å². The number of benzene rings is 1. The highest BCUT2D eigenvalue weighted by molar-refractivity contribution is 5.25. The van der Waals surface area contributed by atoms with Crippen LogP contribution >= 0.6 is 0 Å². The molecule has 94 valence electrons. The van der Waals surface area contributed by atoms with Crippen LogP contribution in [0, 0.1) is 0 Å². The van der Waals surface area contributed by atoms with Crippen LogP contribution in [0.1, 0.15) is 44.2 Å². The Balaban J connectivity index is 1.89. The Bertz CT molecular complexity index is 363. The fraction of sp³-hybridized carbons (Fsp3) is 0.600. The molecular formula is C15H23NO. The van der Waals surface area contributed by atoms with Crippen LogP contribution in [-0.2, 0) is 6.54 Å². The van der Waals surface area contributed by atoms with Gasteiger partial charge in [-0.25, -0.2) is 0 Å². The molecule has 1 aromatic carbocycles. The van der Waals surface area contributed by atoms with E-state index in [1.807, 2.05) is 0 Å². The summed E-state index contributed by atoms with van der Waals surface area (Å²) < 4.78 is 0. The van der Waals surface area contributed by atoms with E-state index < -0.39 is 5.60 Å². The summed E-state index contributed by atoms with van der Waals surface area (Å²) in [5.41, 5.74) is 2.31. The Morgan fingerprint density at radius 1 is 1.24 bits per heavy atom. The highest BCUT2D eigenvalue weighted by atomic mass is 16.3. The lowest BCUT2D eigenvalue weighted by molar-refractivity contribution is -0.103. The summed E-state index contributed by atoms with van der Waals surface area (Å²) >= 11 is 0. The van der Waals surface area contributed by atoms with Crippen LogP contribution in [0.25, 0.3) is 0 Å². The molecule has 2 nitrogen and oxygen atoms in total. The lowest BCUT2D eigenvalue weighted by Gasteiger charge is -2.46. The largest absolute Gasteiger partial charge is 0.387 e. The van der Waals surface area contributed by atoms with Crippen LogP contribution < -0.4 is 0 Å². The van der Waals surface area contributed by atoms with Crippen LogP contribution in [-0.4, -0.2) is 28.7 Å². The van der Waals surface area contributed by atoms with E-state index in [9.17, 15) is 5.11 Å². The van der Waals surface area contributed by atoms with Gasteiger partial charge >= 0.3 is 0 Å². The second kappa shape index (κ2) is 4.79. The smallest absolute Gasteiger partial charge is 0.0897 e. The van der Waals surface area contributed by atoms with E-state index >= 15 is 0 Å². The number of rotatable bonds is 4. The van der Waals surface area contributed by atoms with Gasteiger partial charge in [0.2, 0.25) is 0 Å². The Hall–Kier alpha value is -0.860. The van der Waals surface area contributed by atoms with Gasteiger partial charge in [-0.3, -0.25) is 4.90 Å². The zero-order valence-corrected chi connectivity index (χ0v) is 11.1. The van der Waals surface area contributed by atoms with Crippen molar-refractivity contribution >= 4 is 0 Å². The molecule has 0 unspecified atom stereocenters. The summed E-state index contributed by atoms with van der Waals surface area (Å²) in [7, 11) is 0. The quantitative estimate of drug-likeness (QED) is 0.864. The molecule has 0 spiro atoms. The molecule has 2 rings (SSSR count). The summed E-state index contributed by atoms with van der Waals surface area (Å²) in [6.45, 7) is 9.07. The zero-order valence-electron chi connectivity index (χ0n) is 11.1. The number of β-amino-alcohol motifs (C(OH)–C–C–N with tert-alkyl or cyclic N) is 1. The minimum Gasteiger partial charge on any atom is -0.387 e. The summed E-state index contributed by atoms with van der Waals surface area (Å²) in [6.07, 6.45) is 0.857. The Morgan fingerprint density at radius 3 is 2.29 bits per heavy atom. The van der Waals surface area contributed by atoms with Crippen LogP contribution in [0.3, 0.4) is 0 Å². The van der Waals surface area contributed by atoms with Gasteiger partial charge in [0, 0.05) is 19.6 Å². The van der Waals surface area contributed by atoms with Crippen molar-refractivity contribution in [2.75, 3.05) is 13.1 Å². The second-order valence-electron chi connectivity index (χ2n) is 5.62. The van der Waals surface area contributed by atoms with Crippen LogP contribution in [0.4, 0.5) is 0 Å². The molecule has 1 N–H and O–H groups in total. The van der Waals surface area contributed by atoms with Gasteiger partial charge < -0.3 is 5.11 Å². The van der Waals surface area contributed by atoms with Crippen molar-refractivity contribution in [1.82, 2.24) is 4.90 Å². The Kier molecular flexibility index (Phi) is 3.55. The Morgan fingerprint density at radius 2 is 1.82 bits per heavy atom. The molecule has 0 aliphatic carbocycles. The van der Waals surface area contributed by atoms with Gasteiger partial charge in [0.15, 0.2) is 0 Å². The molecule has 0 bridgehead atoms. The molecule has 1 aliphatic rings. The molecule has 0 aromatic heterocycles. The van der Waals surface area contributed by atoms with Gasteiger partial charge in [-0.05, 0) is 23.5 Å². The van der Waals surface area contributed by atoms with Crippen molar-refractivity contribution in [3.63, 3.8) is 0 Å². The first-order valence-electron chi connectivity index (χ1n) is 6.56. The molecule has 1 saturated heterocycles. The number of likely N-dealkylation sites (tertiary alicyclic amines) is 1. The molecule has 1 aromatic rings. The first-order chi connectivity index (χ1) is 8.02. The Labute approximate surface area is 104 Å². The van der Waals surface area contributed by atoms with Gasteiger partial charge in [-0.1, -0.05) is 45.0 Å². The van der Waals surface area contributed by atoms with E-state index in [4.69, 9.17) is 0 Å². The average molecular weight is 233 g/mol. The highest BCUT2D eigenvalue weighted by Gasteiger charge is 2.38. The van der Waals surface area contributed by atoms with Crippen molar-refractivity contribution < 1.29 is 5.11 Å². The summed E-state index contributed by atoms with van der Waals surface area (Å²) in [4.78, 5) is 2.30. The van der Waals surface area contributed by atoms with Crippen LogP contribution in [0.5, 0.6) is 0 Å². The van der Waals surface area contributed by atoms with E-state index in [0.717, 1.165) is 26.1 Å². The minimum absolute atomic E-state index is 0.419. The van der Waals surface area contributed by atoms with Crippen molar-refractivity contribution in [1.29, 1.82) is 0 Å². The number of hydrogen-bond acceptors (Lipinski definition) is 2.